The van der Waals surface area contributed by atoms with Gasteiger partial charge in [-0.2, -0.15) is 0 Å². The fourth-order valence-corrected chi connectivity index (χ4v) is 10.6. The van der Waals surface area contributed by atoms with Crippen LogP contribution in [0.4, 0.5) is 0 Å². The van der Waals surface area contributed by atoms with Crippen molar-refractivity contribution in [3.8, 4) is 61.0 Å². The summed E-state index contributed by atoms with van der Waals surface area (Å²) >= 11 is 1.75. The third kappa shape index (κ3) is 5.20. The van der Waals surface area contributed by atoms with Crippen LogP contribution in [0.5, 0.6) is 0 Å². The predicted molar refractivity (Wildman–Crippen MR) is 249 cm³/mol. The SMILES string of the molecule is CC1(C)c2ccccc2-c2cc3c(-c4ccc(-c5nc6ccccc6s5)cc4)c4ccccc4c(-c4ccc(-c5nc6ccccc6n5-c5ccccc5)cc4)c3cc21. The summed E-state index contributed by atoms with van der Waals surface area (Å²) in [7, 11) is 0. The van der Waals surface area contributed by atoms with Crippen LogP contribution < -0.4 is 0 Å². The smallest absolute Gasteiger partial charge is 0.145 e. The third-order valence-electron chi connectivity index (χ3n) is 12.4. The van der Waals surface area contributed by atoms with Gasteiger partial charge in [-0.05, 0) is 115 Å². The van der Waals surface area contributed by atoms with E-state index in [1.54, 1.807) is 11.3 Å². The Kier molecular flexibility index (Phi) is 7.44. The largest absolute Gasteiger partial charge is 0.292 e. The number of fused-ring (bicyclic) bond motifs is 7. The van der Waals surface area contributed by atoms with Crippen molar-refractivity contribution in [3.05, 3.63) is 199 Å². The molecule has 1 aliphatic rings. The van der Waals surface area contributed by atoms with E-state index in [4.69, 9.17) is 9.97 Å². The first-order valence-corrected chi connectivity index (χ1v) is 21.1. The molecule has 11 aromatic rings. The van der Waals surface area contributed by atoms with Gasteiger partial charge in [-0.3, -0.25) is 4.57 Å². The van der Waals surface area contributed by atoms with Crippen molar-refractivity contribution in [2.24, 2.45) is 0 Å². The average molecular weight is 772 g/mol. The summed E-state index contributed by atoms with van der Waals surface area (Å²) in [4.78, 5) is 10.2. The molecule has 0 fully saturated rings. The number of rotatable bonds is 5. The topological polar surface area (TPSA) is 30.7 Å². The van der Waals surface area contributed by atoms with Gasteiger partial charge in [0.2, 0.25) is 0 Å². The lowest BCUT2D eigenvalue weighted by atomic mass is 9.79. The normalized spacial score (nSPS) is 13.1. The molecule has 0 saturated heterocycles. The maximum atomic E-state index is 5.18. The third-order valence-corrected chi connectivity index (χ3v) is 13.5. The summed E-state index contributed by atoms with van der Waals surface area (Å²) in [5.41, 5.74) is 16.6. The van der Waals surface area contributed by atoms with Crippen molar-refractivity contribution >= 4 is 54.1 Å². The van der Waals surface area contributed by atoms with E-state index in [1.807, 2.05) is 0 Å². The highest BCUT2D eigenvalue weighted by Gasteiger charge is 2.36. The molecule has 0 N–H and O–H groups in total. The van der Waals surface area contributed by atoms with E-state index in [-0.39, 0.29) is 5.41 Å². The molecule has 0 spiro atoms. The zero-order valence-corrected chi connectivity index (χ0v) is 33.5. The summed E-state index contributed by atoms with van der Waals surface area (Å²) < 4.78 is 3.48. The molecule has 59 heavy (non-hydrogen) atoms. The molecule has 9 aromatic carbocycles. The second-order valence-electron chi connectivity index (χ2n) is 16.1. The van der Waals surface area contributed by atoms with Crippen molar-refractivity contribution in [2.45, 2.75) is 19.3 Å². The van der Waals surface area contributed by atoms with Crippen LogP contribution in [0, 0.1) is 0 Å². The zero-order valence-electron chi connectivity index (χ0n) is 32.6. The quantitative estimate of drug-likeness (QED) is 0.163. The van der Waals surface area contributed by atoms with Crippen molar-refractivity contribution < 1.29 is 0 Å². The van der Waals surface area contributed by atoms with E-state index in [0.29, 0.717) is 0 Å². The lowest BCUT2D eigenvalue weighted by Gasteiger charge is -2.24. The molecule has 3 nitrogen and oxygen atoms in total. The summed E-state index contributed by atoms with van der Waals surface area (Å²) in [6.45, 7) is 4.75. The van der Waals surface area contributed by atoms with Crippen molar-refractivity contribution in [1.82, 2.24) is 14.5 Å². The molecule has 4 heteroatoms. The van der Waals surface area contributed by atoms with E-state index in [9.17, 15) is 0 Å². The molecular formula is C55H37N3S. The molecule has 2 aromatic heterocycles. The Morgan fingerprint density at radius 2 is 1.02 bits per heavy atom. The monoisotopic (exact) mass is 771 g/mol. The van der Waals surface area contributed by atoms with Gasteiger partial charge in [0.15, 0.2) is 0 Å². The Morgan fingerprint density at radius 1 is 0.441 bits per heavy atom. The number of benzene rings is 9. The molecule has 278 valence electrons. The molecule has 0 amide bonds. The van der Waals surface area contributed by atoms with E-state index in [1.165, 1.54) is 70.8 Å². The molecule has 0 unspecified atom stereocenters. The summed E-state index contributed by atoms with van der Waals surface area (Å²) in [5, 5.41) is 6.04. The minimum atomic E-state index is -0.136. The van der Waals surface area contributed by atoms with Crippen LogP contribution in [0.1, 0.15) is 25.0 Å². The van der Waals surface area contributed by atoms with Gasteiger partial charge in [0.25, 0.3) is 0 Å². The highest BCUT2D eigenvalue weighted by molar-refractivity contribution is 7.21. The second kappa shape index (κ2) is 12.9. The molecule has 12 rings (SSSR count). The number of nitrogens with zero attached hydrogens (tertiary/aromatic N) is 3. The predicted octanol–water partition coefficient (Wildman–Crippen LogP) is 14.9. The standard InChI is InChI=1S/C55H37N3S/c1-55(2)45-19-9-8-16-39(45)42-32-43-44(33-46(42)55)52(34-24-28-36(29-25-34)53-56-47-20-10-12-22-49(47)58(53)38-14-4-3-5-15-38)41-18-7-6-17-40(41)51(43)35-26-30-37(31-27-35)54-57-48-21-11-13-23-50(48)59-54/h3-33H,1-2H3. The lowest BCUT2D eigenvalue weighted by Crippen LogP contribution is -2.14. The van der Waals surface area contributed by atoms with Crippen LogP contribution in [0.15, 0.2) is 188 Å². The van der Waals surface area contributed by atoms with Gasteiger partial charge in [0.1, 0.15) is 10.8 Å². The van der Waals surface area contributed by atoms with Gasteiger partial charge in [0.05, 0.1) is 21.3 Å². The van der Waals surface area contributed by atoms with E-state index < -0.39 is 0 Å². The number of aromatic nitrogens is 3. The highest BCUT2D eigenvalue weighted by Crippen LogP contribution is 2.53. The lowest BCUT2D eigenvalue weighted by molar-refractivity contribution is 0.661. The Morgan fingerprint density at radius 3 is 1.75 bits per heavy atom. The average Bonchev–Trinajstić information content (AvgIpc) is 3.96. The molecule has 2 heterocycles. The van der Waals surface area contributed by atoms with Crippen LogP contribution in [0.2, 0.25) is 0 Å². The summed E-state index contributed by atoms with van der Waals surface area (Å²) in [6, 6.07) is 68.4. The minimum absolute atomic E-state index is 0.136. The maximum absolute atomic E-state index is 5.18. The van der Waals surface area contributed by atoms with E-state index >= 15 is 0 Å². The molecule has 0 aliphatic heterocycles. The molecule has 0 bridgehead atoms. The Hall–Kier alpha value is -7.14. The van der Waals surface area contributed by atoms with Crippen molar-refractivity contribution in [2.75, 3.05) is 0 Å². The zero-order chi connectivity index (χ0) is 39.2. The first kappa shape index (κ1) is 33.9. The summed E-state index contributed by atoms with van der Waals surface area (Å²) in [5.74, 6) is 0.931. The van der Waals surface area contributed by atoms with Crippen LogP contribution in [-0.2, 0) is 5.41 Å². The minimum Gasteiger partial charge on any atom is -0.292 e. The summed E-state index contributed by atoms with van der Waals surface area (Å²) in [6.07, 6.45) is 0. The van der Waals surface area contributed by atoms with Gasteiger partial charge in [-0.1, -0.05) is 153 Å². The van der Waals surface area contributed by atoms with E-state index in [2.05, 4.69) is 206 Å². The Bertz CT molecular complexity index is 3410. The first-order valence-electron chi connectivity index (χ1n) is 20.2. The van der Waals surface area contributed by atoms with Crippen LogP contribution in [-0.4, -0.2) is 14.5 Å². The molecule has 1 aliphatic carbocycles. The molecule has 0 radical (unpaired) electrons. The molecular weight excluding hydrogens is 735 g/mol. The van der Waals surface area contributed by atoms with Crippen molar-refractivity contribution in [1.29, 1.82) is 0 Å². The van der Waals surface area contributed by atoms with Gasteiger partial charge < -0.3 is 0 Å². The maximum Gasteiger partial charge on any atom is 0.145 e. The molecule has 0 saturated carbocycles. The van der Waals surface area contributed by atoms with Gasteiger partial charge >= 0.3 is 0 Å². The number of hydrogen-bond acceptors (Lipinski definition) is 3. The number of hydrogen-bond donors (Lipinski definition) is 0. The van der Waals surface area contributed by atoms with E-state index in [0.717, 1.165) is 44.2 Å². The fraction of sp³-hybridized carbons (Fsp3) is 0.0545. The fourth-order valence-electron chi connectivity index (χ4n) is 9.61. The molecule has 0 atom stereocenters. The van der Waals surface area contributed by atoms with Gasteiger partial charge in [-0.25, -0.2) is 9.97 Å². The number of imidazole rings is 1. The number of thiazole rings is 1. The second-order valence-corrected chi connectivity index (χ2v) is 17.2. The first-order chi connectivity index (χ1) is 29.0. The highest BCUT2D eigenvalue weighted by atomic mass is 32.1. The van der Waals surface area contributed by atoms with Crippen LogP contribution >= 0.6 is 11.3 Å². The Labute approximate surface area is 346 Å². The van der Waals surface area contributed by atoms with Gasteiger partial charge in [-0.15, -0.1) is 11.3 Å². The Balaban J connectivity index is 1.08. The van der Waals surface area contributed by atoms with Crippen LogP contribution in [0.3, 0.4) is 0 Å². The van der Waals surface area contributed by atoms with Crippen molar-refractivity contribution in [3.63, 3.8) is 0 Å². The van der Waals surface area contributed by atoms with Crippen LogP contribution in [0.25, 0.3) is 104 Å². The number of para-hydroxylation sites is 4. The van der Waals surface area contributed by atoms with Gasteiger partial charge in [0, 0.05) is 22.2 Å².